The molecule has 0 aliphatic rings. The Kier molecular flexibility index (Phi) is 5.55. The Morgan fingerprint density at radius 2 is 1.92 bits per heavy atom. The Hall–Kier alpha value is -2.42. The Bertz CT molecular complexity index is 716. The third-order valence-corrected chi connectivity index (χ3v) is 4.09. The van der Waals surface area contributed by atoms with E-state index in [1.807, 2.05) is 0 Å². The van der Waals surface area contributed by atoms with Crippen molar-refractivity contribution >= 4 is 23.2 Å². The number of nitrogens with zero attached hydrogens (tertiary/aromatic N) is 1. The van der Waals surface area contributed by atoms with Gasteiger partial charge in [-0.1, -0.05) is 30.3 Å². The number of nitrogens with one attached hydrogen (secondary N) is 1. The van der Waals surface area contributed by atoms with Crippen LogP contribution in [-0.2, 0) is 17.4 Å². The SMILES string of the molecule is O=C(NCC(Cc1ccccc1)C(=O)O)c1ncsc1C(F)(F)F. The van der Waals surface area contributed by atoms with Crippen LogP contribution >= 0.6 is 11.3 Å². The minimum Gasteiger partial charge on any atom is -0.481 e. The maximum absolute atomic E-state index is 12.8. The van der Waals surface area contributed by atoms with Gasteiger partial charge in [0.15, 0.2) is 5.69 Å². The van der Waals surface area contributed by atoms with Gasteiger partial charge in [-0.05, 0) is 12.0 Å². The summed E-state index contributed by atoms with van der Waals surface area (Å²) in [7, 11) is 0. The summed E-state index contributed by atoms with van der Waals surface area (Å²) in [6.07, 6.45) is -4.52. The molecule has 2 rings (SSSR count). The first-order valence-electron chi connectivity index (χ1n) is 6.84. The standard InChI is InChI=1S/C15H13F3N2O3S/c16-15(17,18)12-11(20-8-24-12)13(21)19-7-10(14(22)23)6-9-4-2-1-3-5-9/h1-5,8,10H,6-7H2,(H,19,21)(H,22,23). The minimum atomic E-state index is -4.68. The number of alkyl halides is 3. The molecule has 128 valence electrons. The van der Waals surface area contributed by atoms with E-state index in [1.165, 1.54) is 0 Å². The fourth-order valence-corrected chi connectivity index (χ4v) is 2.71. The van der Waals surface area contributed by atoms with Gasteiger partial charge in [-0.2, -0.15) is 13.2 Å². The number of hydrogen-bond acceptors (Lipinski definition) is 4. The summed E-state index contributed by atoms with van der Waals surface area (Å²) in [5.41, 5.74) is 0.941. The zero-order valence-corrected chi connectivity index (χ0v) is 13.0. The number of aromatic nitrogens is 1. The van der Waals surface area contributed by atoms with Crippen molar-refractivity contribution in [2.45, 2.75) is 12.6 Å². The molecule has 24 heavy (non-hydrogen) atoms. The van der Waals surface area contributed by atoms with E-state index in [4.69, 9.17) is 0 Å². The molecule has 0 saturated carbocycles. The van der Waals surface area contributed by atoms with E-state index >= 15 is 0 Å². The van der Waals surface area contributed by atoms with Gasteiger partial charge in [-0.3, -0.25) is 9.59 Å². The largest absolute Gasteiger partial charge is 0.481 e. The molecular weight excluding hydrogens is 345 g/mol. The normalized spacial score (nSPS) is 12.6. The summed E-state index contributed by atoms with van der Waals surface area (Å²) in [6, 6.07) is 8.75. The van der Waals surface area contributed by atoms with Crippen LogP contribution in [0.2, 0.25) is 0 Å². The average Bonchev–Trinajstić information content (AvgIpc) is 3.01. The van der Waals surface area contributed by atoms with Gasteiger partial charge in [-0.25, -0.2) is 4.98 Å². The number of amides is 1. The van der Waals surface area contributed by atoms with Gasteiger partial charge >= 0.3 is 12.1 Å². The Morgan fingerprint density at radius 3 is 2.50 bits per heavy atom. The van der Waals surface area contributed by atoms with Crippen LogP contribution in [-0.4, -0.2) is 28.5 Å². The van der Waals surface area contributed by atoms with E-state index in [9.17, 15) is 27.9 Å². The van der Waals surface area contributed by atoms with Crippen LogP contribution in [0.3, 0.4) is 0 Å². The van der Waals surface area contributed by atoms with Gasteiger partial charge in [-0.15, -0.1) is 11.3 Å². The van der Waals surface area contributed by atoms with Crippen molar-refractivity contribution in [1.29, 1.82) is 0 Å². The van der Waals surface area contributed by atoms with Gasteiger partial charge in [0.1, 0.15) is 4.88 Å². The third kappa shape index (κ3) is 4.54. The molecule has 0 spiro atoms. The summed E-state index contributed by atoms with van der Waals surface area (Å²) in [5, 5.41) is 11.4. The molecule has 1 heterocycles. The number of carboxylic acids is 1. The number of carboxylic acid groups (broad SMARTS) is 1. The molecule has 0 radical (unpaired) electrons. The fraction of sp³-hybridized carbons (Fsp3) is 0.267. The summed E-state index contributed by atoms with van der Waals surface area (Å²) >= 11 is 0.315. The lowest BCUT2D eigenvalue weighted by molar-refractivity contribution is -0.141. The first-order chi connectivity index (χ1) is 11.3. The molecule has 1 aromatic heterocycles. The minimum absolute atomic E-state index is 0.152. The lowest BCUT2D eigenvalue weighted by Gasteiger charge is -2.13. The summed E-state index contributed by atoms with van der Waals surface area (Å²) < 4.78 is 38.3. The molecule has 0 saturated heterocycles. The zero-order chi connectivity index (χ0) is 17.7. The van der Waals surface area contributed by atoms with Gasteiger partial charge in [0, 0.05) is 6.54 Å². The molecule has 0 aliphatic carbocycles. The van der Waals surface area contributed by atoms with Crippen molar-refractivity contribution in [2.75, 3.05) is 6.54 Å². The van der Waals surface area contributed by atoms with E-state index in [0.717, 1.165) is 11.1 Å². The molecule has 1 aromatic carbocycles. The number of benzene rings is 1. The van der Waals surface area contributed by atoms with E-state index in [0.29, 0.717) is 11.3 Å². The Labute approximate surface area is 139 Å². The summed E-state index contributed by atoms with van der Waals surface area (Å²) in [5.74, 6) is -3.14. The quantitative estimate of drug-likeness (QED) is 0.832. The molecule has 5 nitrogen and oxygen atoms in total. The molecule has 2 N–H and O–H groups in total. The van der Waals surface area contributed by atoms with Crippen molar-refractivity contribution < 1.29 is 27.9 Å². The molecule has 0 bridgehead atoms. The second-order valence-corrected chi connectivity index (χ2v) is 5.82. The number of aliphatic carboxylic acids is 1. The van der Waals surface area contributed by atoms with Crippen molar-refractivity contribution in [3.05, 3.63) is 52.0 Å². The second-order valence-electron chi connectivity index (χ2n) is 4.96. The number of halogens is 3. The van der Waals surface area contributed by atoms with Gasteiger partial charge in [0.05, 0.1) is 11.4 Å². The third-order valence-electron chi connectivity index (χ3n) is 3.22. The molecule has 9 heteroatoms. The monoisotopic (exact) mass is 358 g/mol. The van der Waals surface area contributed by atoms with Crippen LogP contribution in [0.1, 0.15) is 20.9 Å². The maximum atomic E-state index is 12.8. The van der Waals surface area contributed by atoms with E-state index < -0.39 is 34.5 Å². The summed E-state index contributed by atoms with van der Waals surface area (Å²) in [6.45, 7) is -0.294. The highest BCUT2D eigenvalue weighted by Gasteiger charge is 2.38. The highest BCUT2D eigenvalue weighted by molar-refractivity contribution is 7.10. The van der Waals surface area contributed by atoms with Crippen LogP contribution in [0.4, 0.5) is 13.2 Å². The molecular formula is C15H13F3N2O3S. The highest BCUT2D eigenvalue weighted by Crippen LogP contribution is 2.34. The van der Waals surface area contributed by atoms with Crippen molar-refractivity contribution in [3.63, 3.8) is 0 Å². The first kappa shape index (κ1) is 17.9. The topological polar surface area (TPSA) is 79.3 Å². The molecule has 0 aliphatic heterocycles. The number of carbonyl (C=O) groups is 2. The molecule has 1 amide bonds. The smallest absolute Gasteiger partial charge is 0.427 e. The van der Waals surface area contributed by atoms with Gasteiger partial charge in [0.25, 0.3) is 5.91 Å². The number of hydrogen-bond donors (Lipinski definition) is 2. The number of carbonyl (C=O) groups excluding carboxylic acids is 1. The van der Waals surface area contributed by atoms with E-state index in [-0.39, 0.29) is 13.0 Å². The highest BCUT2D eigenvalue weighted by atomic mass is 32.1. The molecule has 1 unspecified atom stereocenters. The van der Waals surface area contributed by atoms with Gasteiger partial charge < -0.3 is 10.4 Å². The first-order valence-corrected chi connectivity index (χ1v) is 7.72. The van der Waals surface area contributed by atoms with Crippen molar-refractivity contribution in [1.82, 2.24) is 10.3 Å². The Morgan fingerprint density at radius 1 is 1.25 bits per heavy atom. The van der Waals surface area contributed by atoms with Crippen LogP contribution in [0.25, 0.3) is 0 Å². The predicted octanol–water partition coefficient (Wildman–Crippen LogP) is 2.84. The van der Waals surface area contributed by atoms with Crippen LogP contribution in [0.15, 0.2) is 35.8 Å². The fourth-order valence-electron chi connectivity index (χ4n) is 2.05. The number of thiazole rings is 1. The Balaban J connectivity index is 2.03. The molecule has 2 aromatic rings. The maximum Gasteiger partial charge on any atom is 0.427 e. The van der Waals surface area contributed by atoms with Crippen LogP contribution < -0.4 is 5.32 Å². The second kappa shape index (κ2) is 7.43. The van der Waals surface area contributed by atoms with E-state index in [1.54, 1.807) is 30.3 Å². The predicted molar refractivity (Wildman–Crippen MR) is 80.7 cm³/mol. The van der Waals surface area contributed by atoms with Crippen LogP contribution in [0.5, 0.6) is 0 Å². The van der Waals surface area contributed by atoms with Crippen LogP contribution in [0, 0.1) is 5.92 Å². The zero-order valence-electron chi connectivity index (χ0n) is 12.2. The number of rotatable bonds is 6. The van der Waals surface area contributed by atoms with Crippen molar-refractivity contribution in [3.8, 4) is 0 Å². The lowest BCUT2D eigenvalue weighted by atomic mass is 9.99. The molecule has 1 atom stereocenters. The average molecular weight is 358 g/mol. The molecule has 0 fully saturated rings. The summed E-state index contributed by atoms with van der Waals surface area (Å²) in [4.78, 5) is 25.5. The van der Waals surface area contributed by atoms with Crippen molar-refractivity contribution in [2.24, 2.45) is 5.92 Å². The lowest BCUT2D eigenvalue weighted by Crippen LogP contribution is -2.35. The van der Waals surface area contributed by atoms with E-state index in [2.05, 4.69) is 10.3 Å². The van der Waals surface area contributed by atoms with Gasteiger partial charge in [0.2, 0.25) is 0 Å².